The van der Waals surface area contributed by atoms with Gasteiger partial charge in [0.2, 0.25) is 0 Å². The van der Waals surface area contributed by atoms with E-state index >= 15 is 0 Å². The van der Waals surface area contributed by atoms with E-state index in [1.54, 1.807) is 0 Å². The van der Waals surface area contributed by atoms with Crippen molar-refractivity contribution in [3.8, 4) is 0 Å². The van der Waals surface area contributed by atoms with Crippen LogP contribution in [0.15, 0.2) is 22.7 Å². The third kappa shape index (κ3) is 3.02. The minimum absolute atomic E-state index is 0.263. The van der Waals surface area contributed by atoms with Gasteiger partial charge >= 0.3 is 0 Å². The molecule has 1 aliphatic rings. The molecule has 1 heterocycles. The molecule has 5 heteroatoms. The quantitative estimate of drug-likeness (QED) is 0.832. The first kappa shape index (κ1) is 13.8. The number of anilines is 1. The molecule has 18 heavy (non-hydrogen) atoms. The zero-order chi connectivity index (χ0) is 13.1. The highest BCUT2D eigenvalue weighted by molar-refractivity contribution is 9.10. The van der Waals surface area contributed by atoms with E-state index in [1.807, 2.05) is 12.1 Å². The first-order chi connectivity index (χ1) is 8.61. The fourth-order valence-electron chi connectivity index (χ4n) is 2.44. The largest absolute Gasteiger partial charge is 0.396 e. The zero-order valence-corrected chi connectivity index (χ0v) is 12.5. The van der Waals surface area contributed by atoms with Crippen LogP contribution in [0.3, 0.4) is 0 Å². The van der Waals surface area contributed by atoms with E-state index in [0.717, 1.165) is 41.7 Å². The molecule has 2 rings (SSSR count). The van der Waals surface area contributed by atoms with Crippen LogP contribution >= 0.6 is 28.1 Å². The molecule has 1 saturated heterocycles. The number of aliphatic hydroxyl groups excluding tert-OH is 1. The van der Waals surface area contributed by atoms with Crippen molar-refractivity contribution < 1.29 is 5.11 Å². The van der Waals surface area contributed by atoms with Gasteiger partial charge in [-0.05, 0) is 37.0 Å². The smallest absolute Gasteiger partial charge is 0.106 e. The van der Waals surface area contributed by atoms with Gasteiger partial charge in [0, 0.05) is 35.4 Å². The summed E-state index contributed by atoms with van der Waals surface area (Å²) in [7, 11) is 0. The van der Waals surface area contributed by atoms with Crippen LogP contribution in [0, 0.1) is 5.92 Å². The van der Waals surface area contributed by atoms with Crippen LogP contribution in [0.5, 0.6) is 0 Å². The molecule has 1 atom stereocenters. The van der Waals surface area contributed by atoms with Gasteiger partial charge in [0.1, 0.15) is 4.99 Å². The Balaban J connectivity index is 2.23. The summed E-state index contributed by atoms with van der Waals surface area (Å²) < 4.78 is 1.03. The van der Waals surface area contributed by atoms with Crippen molar-refractivity contribution in [2.45, 2.75) is 12.8 Å². The molecule has 1 fully saturated rings. The summed E-state index contributed by atoms with van der Waals surface area (Å²) in [6.45, 7) is 2.22. The van der Waals surface area contributed by atoms with Crippen LogP contribution in [0.25, 0.3) is 0 Å². The lowest BCUT2D eigenvalue weighted by Crippen LogP contribution is -2.24. The van der Waals surface area contributed by atoms with Gasteiger partial charge in [-0.15, -0.1) is 0 Å². The van der Waals surface area contributed by atoms with Crippen molar-refractivity contribution in [2.24, 2.45) is 11.7 Å². The number of benzene rings is 1. The Hall–Kier alpha value is -0.650. The maximum Gasteiger partial charge on any atom is 0.106 e. The molecule has 0 saturated carbocycles. The van der Waals surface area contributed by atoms with E-state index in [1.165, 1.54) is 0 Å². The minimum atomic E-state index is 0.263. The maximum atomic E-state index is 9.00. The van der Waals surface area contributed by atoms with E-state index in [2.05, 4.69) is 26.9 Å². The van der Waals surface area contributed by atoms with Crippen LogP contribution in [0.2, 0.25) is 0 Å². The summed E-state index contributed by atoms with van der Waals surface area (Å²) in [5, 5.41) is 9.00. The molecule has 1 aliphatic heterocycles. The van der Waals surface area contributed by atoms with E-state index < -0.39 is 0 Å². The lowest BCUT2D eigenvalue weighted by Gasteiger charge is -2.22. The van der Waals surface area contributed by atoms with Gasteiger partial charge in [-0.3, -0.25) is 0 Å². The Labute approximate surface area is 121 Å². The molecule has 0 bridgehead atoms. The number of halogens is 1. The fraction of sp³-hybridized carbons (Fsp3) is 0.462. The maximum absolute atomic E-state index is 9.00. The average molecular weight is 329 g/mol. The summed E-state index contributed by atoms with van der Waals surface area (Å²) in [5.41, 5.74) is 7.80. The number of hydrogen-bond acceptors (Lipinski definition) is 3. The van der Waals surface area contributed by atoms with E-state index in [0.29, 0.717) is 10.9 Å². The fourth-order valence-corrected chi connectivity index (χ4v) is 2.97. The van der Waals surface area contributed by atoms with Gasteiger partial charge in [0.25, 0.3) is 0 Å². The molecule has 0 amide bonds. The van der Waals surface area contributed by atoms with Crippen molar-refractivity contribution in [3.05, 3.63) is 28.2 Å². The summed E-state index contributed by atoms with van der Waals surface area (Å²) >= 11 is 8.59. The zero-order valence-electron chi connectivity index (χ0n) is 10.1. The number of hydrogen-bond donors (Lipinski definition) is 2. The second-order valence-electron chi connectivity index (χ2n) is 4.64. The predicted molar refractivity (Wildman–Crippen MR) is 82.1 cm³/mol. The van der Waals surface area contributed by atoms with Gasteiger partial charge in [0.15, 0.2) is 0 Å². The van der Waals surface area contributed by atoms with Crippen molar-refractivity contribution in [2.75, 3.05) is 24.6 Å². The first-order valence-corrected chi connectivity index (χ1v) is 7.27. The van der Waals surface area contributed by atoms with Gasteiger partial charge in [-0.25, -0.2) is 0 Å². The summed E-state index contributed by atoms with van der Waals surface area (Å²) in [6.07, 6.45) is 1.98. The molecule has 3 N–H and O–H groups in total. The van der Waals surface area contributed by atoms with Crippen LogP contribution in [0.1, 0.15) is 18.4 Å². The molecule has 1 aromatic carbocycles. The highest BCUT2D eigenvalue weighted by atomic mass is 79.9. The summed E-state index contributed by atoms with van der Waals surface area (Å²) in [5.74, 6) is 0.563. The standard InChI is InChI=1S/C13H17BrN2OS/c14-10-1-2-11(13(15)18)12(7-10)16-5-3-9(8-16)4-6-17/h1-2,7,9,17H,3-6,8H2,(H2,15,18). The van der Waals surface area contributed by atoms with Gasteiger partial charge in [-0.1, -0.05) is 28.1 Å². The monoisotopic (exact) mass is 328 g/mol. The topological polar surface area (TPSA) is 49.5 Å². The lowest BCUT2D eigenvalue weighted by molar-refractivity contribution is 0.263. The Morgan fingerprint density at radius 3 is 3.00 bits per heavy atom. The van der Waals surface area contributed by atoms with Gasteiger partial charge in [0.05, 0.1) is 0 Å². The minimum Gasteiger partial charge on any atom is -0.396 e. The van der Waals surface area contributed by atoms with E-state index in [4.69, 9.17) is 23.1 Å². The molecule has 0 spiro atoms. The summed E-state index contributed by atoms with van der Waals surface area (Å²) in [6, 6.07) is 5.98. The molecular formula is C13H17BrN2OS. The number of nitrogens with two attached hydrogens (primary N) is 1. The Kier molecular flexibility index (Phi) is 4.59. The third-order valence-corrected chi connectivity index (χ3v) is 4.10. The van der Waals surface area contributed by atoms with Crippen molar-refractivity contribution in [3.63, 3.8) is 0 Å². The molecule has 1 aromatic rings. The predicted octanol–water partition coefficient (Wildman–Crippen LogP) is 2.29. The van der Waals surface area contributed by atoms with Crippen molar-refractivity contribution in [1.29, 1.82) is 0 Å². The lowest BCUT2D eigenvalue weighted by atomic mass is 10.1. The second-order valence-corrected chi connectivity index (χ2v) is 5.99. The summed E-state index contributed by atoms with van der Waals surface area (Å²) in [4.78, 5) is 2.74. The molecule has 98 valence electrons. The van der Waals surface area contributed by atoms with Crippen LogP contribution in [-0.4, -0.2) is 29.8 Å². The second kappa shape index (κ2) is 5.99. The highest BCUT2D eigenvalue weighted by Gasteiger charge is 2.24. The average Bonchev–Trinajstić information content (AvgIpc) is 2.77. The number of nitrogens with zero attached hydrogens (tertiary/aromatic N) is 1. The SMILES string of the molecule is NC(=S)c1ccc(Br)cc1N1CCC(CCO)C1. The van der Waals surface area contributed by atoms with Crippen LogP contribution in [0.4, 0.5) is 5.69 Å². The molecular weight excluding hydrogens is 312 g/mol. The van der Waals surface area contributed by atoms with Crippen molar-refractivity contribution in [1.82, 2.24) is 0 Å². The number of rotatable bonds is 4. The Morgan fingerprint density at radius 1 is 1.56 bits per heavy atom. The molecule has 0 aromatic heterocycles. The first-order valence-electron chi connectivity index (χ1n) is 6.07. The number of thiocarbonyl (C=S) groups is 1. The molecule has 3 nitrogen and oxygen atoms in total. The number of aliphatic hydroxyl groups is 1. The van der Waals surface area contributed by atoms with Gasteiger partial charge in [-0.2, -0.15) is 0 Å². The Morgan fingerprint density at radius 2 is 2.33 bits per heavy atom. The highest BCUT2D eigenvalue weighted by Crippen LogP contribution is 2.30. The van der Waals surface area contributed by atoms with E-state index in [-0.39, 0.29) is 6.61 Å². The third-order valence-electron chi connectivity index (χ3n) is 3.39. The molecule has 1 unspecified atom stereocenters. The van der Waals surface area contributed by atoms with Crippen LogP contribution in [-0.2, 0) is 0 Å². The van der Waals surface area contributed by atoms with E-state index in [9.17, 15) is 0 Å². The van der Waals surface area contributed by atoms with Gasteiger partial charge < -0.3 is 15.7 Å². The molecule has 0 aliphatic carbocycles. The van der Waals surface area contributed by atoms with Crippen molar-refractivity contribution >= 4 is 38.8 Å². The Bertz CT molecular complexity index is 453. The molecule has 0 radical (unpaired) electrons. The van der Waals surface area contributed by atoms with Crippen LogP contribution < -0.4 is 10.6 Å². The normalized spacial score (nSPS) is 19.2.